The summed E-state index contributed by atoms with van der Waals surface area (Å²) in [4.78, 5) is 0. The molecular formula is C26H44O2Si. The van der Waals surface area contributed by atoms with Crippen LogP contribution in [0.15, 0.2) is 58.7 Å². The molecule has 1 rings (SSSR count). The van der Waals surface area contributed by atoms with Crippen molar-refractivity contribution in [1.82, 2.24) is 0 Å². The highest BCUT2D eigenvalue weighted by atomic mass is 28.4. The molecule has 0 heterocycles. The topological polar surface area (TPSA) is 29.5 Å². The number of aliphatic hydroxyl groups excluding tert-OH is 1. The first-order valence-corrected chi connectivity index (χ1v) is 13.8. The molecule has 1 N–H and O–H groups in total. The van der Waals surface area contributed by atoms with Crippen molar-refractivity contribution in [1.29, 1.82) is 0 Å². The van der Waals surface area contributed by atoms with Crippen molar-refractivity contribution in [2.45, 2.75) is 92.5 Å². The van der Waals surface area contributed by atoms with Gasteiger partial charge in [0.2, 0.25) is 0 Å². The standard InChI is InChI=1S/C26H44O2Si/c1-20(14-15-23-22(3)24(27)16-18-26(23,7)8)12-11-13-21(2)17-19-28-29(9,10)25(4,5)6/h11-15,17,24,27H,16,18-19H2,1-10H3/b13-11-,15-14+,20-12+,21-17+. The molecule has 1 aliphatic rings. The molecule has 0 saturated heterocycles. The number of hydrogen-bond acceptors (Lipinski definition) is 2. The Morgan fingerprint density at radius 1 is 1.17 bits per heavy atom. The Balaban J connectivity index is 2.71. The van der Waals surface area contributed by atoms with Crippen LogP contribution in [0.2, 0.25) is 18.1 Å². The molecule has 0 aromatic rings. The number of allylic oxidation sites excluding steroid dienone is 8. The molecular weight excluding hydrogens is 372 g/mol. The van der Waals surface area contributed by atoms with Crippen LogP contribution in [-0.2, 0) is 4.43 Å². The summed E-state index contributed by atoms with van der Waals surface area (Å²) in [6.45, 7) is 22.9. The van der Waals surface area contributed by atoms with Crippen LogP contribution in [-0.4, -0.2) is 26.1 Å². The molecule has 0 bridgehead atoms. The van der Waals surface area contributed by atoms with Crippen molar-refractivity contribution < 1.29 is 9.53 Å². The third-order valence-electron chi connectivity index (χ3n) is 6.58. The van der Waals surface area contributed by atoms with Gasteiger partial charge >= 0.3 is 0 Å². The van der Waals surface area contributed by atoms with E-state index in [-0.39, 0.29) is 16.6 Å². The summed E-state index contributed by atoms with van der Waals surface area (Å²) in [5.41, 5.74) is 4.92. The molecule has 0 spiro atoms. The van der Waals surface area contributed by atoms with Crippen LogP contribution in [0.4, 0.5) is 0 Å². The Labute approximate surface area is 181 Å². The second-order valence-corrected chi connectivity index (χ2v) is 15.5. The van der Waals surface area contributed by atoms with Gasteiger partial charge in [0.15, 0.2) is 8.32 Å². The molecule has 0 aromatic heterocycles. The second kappa shape index (κ2) is 10.2. The molecule has 0 aromatic carbocycles. The van der Waals surface area contributed by atoms with E-state index in [1.165, 1.54) is 16.7 Å². The van der Waals surface area contributed by atoms with Gasteiger partial charge in [0, 0.05) is 0 Å². The first-order chi connectivity index (χ1) is 13.2. The lowest BCUT2D eigenvalue weighted by atomic mass is 9.71. The van der Waals surface area contributed by atoms with Gasteiger partial charge in [0.05, 0.1) is 12.7 Å². The molecule has 3 heteroatoms. The lowest BCUT2D eigenvalue weighted by molar-refractivity contribution is 0.163. The Morgan fingerprint density at radius 3 is 2.38 bits per heavy atom. The maximum Gasteiger partial charge on any atom is 0.192 e. The lowest BCUT2D eigenvalue weighted by Crippen LogP contribution is -2.40. The zero-order valence-corrected chi connectivity index (χ0v) is 21.5. The highest BCUT2D eigenvalue weighted by Crippen LogP contribution is 2.41. The van der Waals surface area contributed by atoms with Crippen LogP contribution in [0.5, 0.6) is 0 Å². The van der Waals surface area contributed by atoms with Gasteiger partial charge < -0.3 is 9.53 Å². The summed E-state index contributed by atoms with van der Waals surface area (Å²) >= 11 is 0. The quantitative estimate of drug-likeness (QED) is 0.343. The first-order valence-electron chi connectivity index (χ1n) is 10.9. The highest BCUT2D eigenvalue weighted by Gasteiger charge is 2.36. The van der Waals surface area contributed by atoms with Crippen molar-refractivity contribution in [2.75, 3.05) is 6.61 Å². The van der Waals surface area contributed by atoms with Gasteiger partial charge in [-0.1, -0.05) is 82.2 Å². The van der Waals surface area contributed by atoms with Crippen LogP contribution in [0.25, 0.3) is 0 Å². The largest absolute Gasteiger partial charge is 0.413 e. The van der Waals surface area contributed by atoms with Gasteiger partial charge in [0.25, 0.3) is 0 Å². The summed E-state index contributed by atoms with van der Waals surface area (Å²) in [5.74, 6) is 0. The van der Waals surface area contributed by atoms with Gasteiger partial charge in [-0.3, -0.25) is 0 Å². The zero-order valence-electron chi connectivity index (χ0n) is 20.5. The monoisotopic (exact) mass is 416 g/mol. The molecule has 1 aliphatic carbocycles. The highest BCUT2D eigenvalue weighted by molar-refractivity contribution is 6.74. The average molecular weight is 417 g/mol. The van der Waals surface area contributed by atoms with Crippen LogP contribution < -0.4 is 0 Å². The molecule has 1 unspecified atom stereocenters. The normalized spacial score (nSPS) is 22.2. The predicted octanol–water partition coefficient (Wildman–Crippen LogP) is 7.51. The van der Waals surface area contributed by atoms with E-state index in [0.29, 0.717) is 6.61 Å². The SMILES string of the molecule is CC1=C(/C=C/C(C)=C/C=C\C(C)=C\CO[Si](C)(C)C(C)(C)C)C(C)(C)CCC1O. The van der Waals surface area contributed by atoms with Crippen LogP contribution >= 0.6 is 0 Å². The summed E-state index contributed by atoms with van der Waals surface area (Å²) in [7, 11) is -1.68. The Morgan fingerprint density at radius 2 is 1.79 bits per heavy atom. The molecule has 29 heavy (non-hydrogen) atoms. The molecule has 0 amide bonds. The lowest BCUT2D eigenvalue weighted by Gasteiger charge is -2.35. The summed E-state index contributed by atoms with van der Waals surface area (Å²) in [6.07, 6.45) is 14.4. The van der Waals surface area contributed by atoms with E-state index < -0.39 is 8.32 Å². The minimum atomic E-state index is -1.68. The minimum absolute atomic E-state index is 0.124. The maximum atomic E-state index is 10.2. The van der Waals surface area contributed by atoms with Gasteiger partial charge in [-0.25, -0.2) is 0 Å². The van der Waals surface area contributed by atoms with Crippen molar-refractivity contribution >= 4 is 8.32 Å². The summed E-state index contributed by atoms with van der Waals surface area (Å²) < 4.78 is 6.21. The number of hydrogen-bond donors (Lipinski definition) is 1. The molecule has 2 nitrogen and oxygen atoms in total. The molecule has 0 fully saturated rings. The summed E-state index contributed by atoms with van der Waals surface area (Å²) in [6, 6.07) is 0. The number of aliphatic hydroxyl groups is 1. The van der Waals surface area contributed by atoms with E-state index in [9.17, 15) is 5.11 Å². The molecule has 0 aliphatic heterocycles. The zero-order chi connectivity index (χ0) is 22.5. The smallest absolute Gasteiger partial charge is 0.192 e. The fourth-order valence-corrected chi connectivity index (χ4v) is 4.14. The van der Waals surface area contributed by atoms with Gasteiger partial charge in [-0.15, -0.1) is 0 Å². The Bertz CT molecular complexity index is 709. The van der Waals surface area contributed by atoms with E-state index in [2.05, 4.69) is 105 Å². The number of rotatable bonds is 7. The molecule has 1 atom stereocenters. The fraction of sp³-hybridized carbons (Fsp3) is 0.615. The van der Waals surface area contributed by atoms with Gasteiger partial charge in [-0.2, -0.15) is 0 Å². The minimum Gasteiger partial charge on any atom is -0.413 e. The Hall–Kier alpha value is -1.16. The first kappa shape index (κ1) is 25.9. The van der Waals surface area contributed by atoms with Crippen molar-refractivity contribution in [2.24, 2.45) is 5.41 Å². The summed E-state index contributed by atoms with van der Waals surface area (Å²) in [5, 5.41) is 10.4. The van der Waals surface area contributed by atoms with Crippen LogP contribution in [0.3, 0.4) is 0 Å². The Kier molecular flexibility index (Phi) is 9.13. The van der Waals surface area contributed by atoms with Crippen molar-refractivity contribution in [3.05, 3.63) is 58.7 Å². The average Bonchev–Trinajstić information content (AvgIpc) is 2.57. The van der Waals surface area contributed by atoms with Gasteiger partial charge in [-0.05, 0) is 68.3 Å². The van der Waals surface area contributed by atoms with E-state index >= 15 is 0 Å². The van der Waals surface area contributed by atoms with Crippen molar-refractivity contribution in [3.8, 4) is 0 Å². The third kappa shape index (κ3) is 7.88. The predicted molar refractivity (Wildman–Crippen MR) is 131 cm³/mol. The third-order valence-corrected chi connectivity index (χ3v) is 11.1. The van der Waals surface area contributed by atoms with Crippen LogP contribution in [0, 0.1) is 5.41 Å². The van der Waals surface area contributed by atoms with Crippen molar-refractivity contribution in [3.63, 3.8) is 0 Å². The second-order valence-electron chi connectivity index (χ2n) is 10.7. The molecule has 164 valence electrons. The van der Waals surface area contributed by atoms with E-state index in [1.54, 1.807) is 0 Å². The van der Waals surface area contributed by atoms with E-state index in [1.807, 2.05) is 0 Å². The fourth-order valence-electron chi connectivity index (χ4n) is 3.21. The molecule has 0 radical (unpaired) electrons. The van der Waals surface area contributed by atoms with Crippen LogP contribution in [0.1, 0.15) is 68.2 Å². The molecule has 0 saturated carbocycles. The van der Waals surface area contributed by atoms with E-state index in [4.69, 9.17) is 4.43 Å². The van der Waals surface area contributed by atoms with E-state index in [0.717, 1.165) is 18.4 Å². The maximum absolute atomic E-state index is 10.2. The van der Waals surface area contributed by atoms with Gasteiger partial charge in [0.1, 0.15) is 0 Å².